The Labute approximate surface area is 113 Å². The number of nitrogens with zero attached hydrogens (tertiary/aromatic N) is 1. The third-order valence-corrected chi connectivity index (χ3v) is 3.70. The molecule has 4 nitrogen and oxygen atoms in total. The highest BCUT2D eigenvalue weighted by molar-refractivity contribution is 5.97. The fourth-order valence-corrected chi connectivity index (χ4v) is 2.78. The van der Waals surface area contributed by atoms with Gasteiger partial charge in [0.15, 0.2) is 0 Å². The van der Waals surface area contributed by atoms with E-state index in [0.29, 0.717) is 13.0 Å². The number of carboxylic acids is 1. The van der Waals surface area contributed by atoms with Crippen molar-refractivity contribution in [3.63, 3.8) is 0 Å². The van der Waals surface area contributed by atoms with Gasteiger partial charge in [-0.25, -0.2) is 4.79 Å². The van der Waals surface area contributed by atoms with Crippen molar-refractivity contribution in [1.29, 1.82) is 0 Å². The lowest BCUT2D eigenvalue weighted by molar-refractivity contribution is -0.117. The molecule has 1 atom stereocenters. The van der Waals surface area contributed by atoms with Crippen molar-refractivity contribution < 1.29 is 14.7 Å². The Morgan fingerprint density at radius 3 is 2.53 bits per heavy atom. The second kappa shape index (κ2) is 5.03. The first-order chi connectivity index (χ1) is 8.95. The van der Waals surface area contributed by atoms with Crippen molar-refractivity contribution in [1.82, 2.24) is 0 Å². The average Bonchev–Trinajstić information content (AvgIpc) is 2.65. The van der Waals surface area contributed by atoms with Crippen molar-refractivity contribution in [2.75, 3.05) is 11.4 Å². The fraction of sp³-hybridized carbons (Fsp3) is 0.467. The van der Waals surface area contributed by atoms with Gasteiger partial charge in [0.2, 0.25) is 5.91 Å². The molecule has 0 radical (unpaired) electrons. The second-order valence-corrected chi connectivity index (χ2v) is 5.57. The van der Waals surface area contributed by atoms with Gasteiger partial charge in [-0.05, 0) is 36.1 Å². The van der Waals surface area contributed by atoms with Crippen LogP contribution in [0.2, 0.25) is 0 Å². The first-order valence-corrected chi connectivity index (χ1v) is 6.59. The molecule has 1 aliphatic heterocycles. The molecule has 1 heterocycles. The molecule has 0 spiro atoms. The summed E-state index contributed by atoms with van der Waals surface area (Å²) in [5, 5.41) is 8.87. The zero-order valence-electron chi connectivity index (χ0n) is 11.3. The number of rotatable bonds is 4. The molecule has 1 amide bonds. The van der Waals surface area contributed by atoms with Gasteiger partial charge in [-0.2, -0.15) is 0 Å². The van der Waals surface area contributed by atoms with Crippen LogP contribution in [0, 0.1) is 5.41 Å². The molecule has 19 heavy (non-hydrogen) atoms. The van der Waals surface area contributed by atoms with Crippen molar-refractivity contribution in [3.8, 4) is 0 Å². The van der Waals surface area contributed by atoms with Crippen LogP contribution in [0.3, 0.4) is 0 Å². The molecular weight excluding hydrogens is 242 g/mol. The van der Waals surface area contributed by atoms with Crippen LogP contribution >= 0.6 is 0 Å². The van der Waals surface area contributed by atoms with Gasteiger partial charge >= 0.3 is 5.97 Å². The summed E-state index contributed by atoms with van der Waals surface area (Å²) in [6.07, 6.45) is 2.67. The van der Waals surface area contributed by atoms with E-state index in [1.807, 2.05) is 0 Å². The van der Waals surface area contributed by atoms with Crippen LogP contribution in [0.25, 0.3) is 0 Å². The first-order valence-electron chi connectivity index (χ1n) is 6.59. The standard InChI is InChI=1S/C15H19NO3/c1-3-8-15(2)9-13(17)16(10-15)12-6-4-11(5-7-12)14(18)19/h4-7H,3,8-10H2,1-2H3,(H,18,19). The highest BCUT2D eigenvalue weighted by Crippen LogP contribution is 2.37. The second-order valence-electron chi connectivity index (χ2n) is 5.57. The van der Waals surface area contributed by atoms with E-state index in [9.17, 15) is 9.59 Å². The molecule has 0 aromatic heterocycles. The van der Waals surface area contributed by atoms with E-state index >= 15 is 0 Å². The highest BCUT2D eigenvalue weighted by Gasteiger charge is 2.39. The monoisotopic (exact) mass is 261 g/mol. The number of carbonyl (C=O) groups is 2. The molecule has 102 valence electrons. The molecule has 4 heteroatoms. The summed E-state index contributed by atoms with van der Waals surface area (Å²) < 4.78 is 0. The number of benzene rings is 1. The minimum atomic E-state index is -0.949. The van der Waals surface area contributed by atoms with Gasteiger partial charge in [-0.1, -0.05) is 20.3 Å². The molecule has 2 rings (SSSR count). The Hall–Kier alpha value is -1.84. The Bertz CT molecular complexity index is 495. The van der Waals surface area contributed by atoms with Crippen LogP contribution in [0.15, 0.2) is 24.3 Å². The molecule has 1 fully saturated rings. The summed E-state index contributed by atoms with van der Waals surface area (Å²) in [6.45, 7) is 4.98. The summed E-state index contributed by atoms with van der Waals surface area (Å²) in [4.78, 5) is 24.7. The van der Waals surface area contributed by atoms with Crippen LogP contribution in [-0.4, -0.2) is 23.5 Å². The van der Waals surface area contributed by atoms with Gasteiger partial charge < -0.3 is 10.0 Å². The third kappa shape index (κ3) is 2.78. The SMILES string of the molecule is CCCC1(C)CC(=O)N(c2ccc(C(=O)O)cc2)C1. The maximum atomic E-state index is 12.1. The molecule has 1 aromatic carbocycles. The number of hydrogen-bond donors (Lipinski definition) is 1. The van der Waals surface area contributed by atoms with E-state index in [1.165, 1.54) is 0 Å². The number of anilines is 1. The molecule has 0 aliphatic carbocycles. The van der Waals surface area contributed by atoms with Crippen molar-refractivity contribution >= 4 is 17.6 Å². The summed E-state index contributed by atoms with van der Waals surface area (Å²) in [7, 11) is 0. The number of amides is 1. The molecule has 1 aromatic rings. The van der Waals surface area contributed by atoms with Gasteiger partial charge in [0.1, 0.15) is 0 Å². The maximum absolute atomic E-state index is 12.1. The molecule has 0 saturated carbocycles. The van der Waals surface area contributed by atoms with Crippen LogP contribution in [0.5, 0.6) is 0 Å². The van der Waals surface area contributed by atoms with Gasteiger partial charge in [-0.15, -0.1) is 0 Å². The Morgan fingerprint density at radius 1 is 1.37 bits per heavy atom. The highest BCUT2D eigenvalue weighted by atomic mass is 16.4. The smallest absolute Gasteiger partial charge is 0.335 e. The minimum Gasteiger partial charge on any atom is -0.478 e. The van der Waals surface area contributed by atoms with E-state index in [1.54, 1.807) is 29.2 Å². The van der Waals surface area contributed by atoms with Crippen LogP contribution < -0.4 is 4.90 Å². The molecule has 1 N–H and O–H groups in total. The molecule has 0 bridgehead atoms. The van der Waals surface area contributed by atoms with Crippen LogP contribution in [0.1, 0.15) is 43.5 Å². The summed E-state index contributed by atoms with van der Waals surface area (Å²) >= 11 is 0. The lowest BCUT2D eigenvalue weighted by Gasteiger charge is -2.23. The summed E-state index contributed by atoms with van der Waals surface area (Å²) in [5.74, 6) is -0.825. The Morgan fingerprint density at radius 2 is 2.00 bits per heavy atom. The maximum Gasteiger partial charge on any atom is 0.335 e. The predicted octanol–water partition coefficient (Wildman–Crippen LogP) is 2.93. The van der Waals surface area contributed by atoms with E-state index in [0.717, 1.165) is 18.5 Å². The van der Waals surface area contributed by atoms with Gasteiger partial charge in [0.05, 0.1) is 5.56 Å². The third-order valence-electron chi connectivity index (χ3n) is 3.70. The van der Waals surface area contributed by atoms with Crippen molar-refractivity contribution in [3.05, 3.63) is 29.8 Å². The molecule has 1 aliphatic rings. The number of hydrogen-bond acceptors (Lipinski definition) is 2. The normalized spacial score (nSPS) is 22.8. The fourth-order valence-electron chi connectivity index (χ4n) is 2.78. The minimum absolute atomic E-state index is 0.0390. The van der Waals surface area contributed by atoms with Crippen LogP contribution in [0.4, 0.5) is 5.69 Å². The van der Waals surface area contributed by atoms with E-state index in [-0.39, 0.29) is 16.9 Å². The largest absolute Gasteiger partial charge is 0.478 e. The summed E-state index contributed by atoms with van der Waals surface area (Å²) in [5.41, 5.74) is 1.07. The van der Waals surface area contributed by atoms with Gasteiger partial charge in [0, 0.05) is 18.7 Å². The zero-order valence-corrected chi connectivity index (χ0v) is 11.3. The van der Waals surface area contributed by atoms with E-state index in [2.05, 4.69) is 13.8 Å². The number of carbonyl (C=O) groups excluding carboxylic acids is 1. The average molecular weight is 261 g/mol. The topological polar surface area (TPSA) is 57.6 Å². The van der Waals surface area contributed by atoms with Gasteiger partial charge in [-0.3, -0.25) is 4.79 Å². The lowest BCUT2D eigenvalue weighted by Crippen LogP contribution is -2.26. The quantitative estimate of drug-likeness (QED) is 0.906. The lowest BCUT2D eigenvalue weighted by atomic mass is 9.85. The number of aromatic carboxylic acids is 1. The van der Waals surface area contributed by atoms with E-state index in [4.69, 9.17) is 5.11 Å². The predicted molar refractivity (Wildman–Crippen MR) is 73.4 cm³/mol. The first kappa shape index (κ1) is 13.6. The Kier molecular flexibility index (Phi) is 3.60. The van der Waals surface area contributed by atoms with Crippen molar-refractivity contribution in [2.24, 2.45) is 5.41 Å². The van der Waals surface area contributed by atoms with E-state index < -0.39 is 5.97 Å². The zero-order chi connectivity index (χ0) is 14.0. The molecule has 1 saturated heterocycles. The van der Waals surface area contributed by atoms with Crippen molar-refractivity contribution in [2.45, 2.75) is 33.1 Å². The number of carboxylic acid groups (broad SMARTS) is 1. The van der Waals surface area contributed by atoms with Crippen LogP contribution in [-0.2, 0) is 4.79 Å². The molecule has 1 unspecified atom stereocenters. The Balaban J connectivity index is 2.18. The van der Waals surface area contributed by atoms with Gasteiger partial charge in [0.25, 0.3) is 0 Å². The molecular formula is C15H19NO3. The summed E-state index contributed by atoms with van der Waals surface area (Å²) in [6, 6.07) is 6.50.